The molecular formula is C24H37N5O3. The fourth-order valence-corrected chi connectivity index (χ4v) is 4.55. The molecule has 2 heterocycles. The highest BCUT2D eigenvalue weighted by Crippen LogP contribution is 2.42. The Hall–Kier alpha value is -2.16. The Balaban J connectivity index is 1.61. The number of ether oxygens (including phenoxy) is 1. The molecule has 1 saturated heterocycles. The molecule has 176 valence electrons. The second-order valence-electron chi connectivity index (χ2n) is 9.93. The second kappa shape index (κ2) is 9.37. The van der Waals surface area contributed by atoms with Gasteiger partial charge in [0.2, 0.25) is 5.91 Å². The lowest BCUT2D eigenvalue weighted by molar-refractivity contribution is -0.120. The lowest BCUT2D eigenvalue weighted by Crippen LogP contribution is -2.52. The normalized spacial score (nSPS) is 23.7. The van der Waals surface area contributed by atoms with Crippen LogP contribution in [0.5, 0.6) is 0 Å². The molecule has 2 amide bonds. The highest BCUT2D eigenvalue weighted by Gasteiger charge is 2.41. The molecule has 4 rings (SSSR count). The van der Waals surface area contributed by atoms with Crippen LogP contribution in [0.25, 0.3) is 0 Å². The van der Waals surface area contributed by atoms with Crippen molar-refractivity contribution in [2.24, 2.45) is 5.92 Å². The molecule has 1 aliphatic carbocycles. The van der Waals surface area contributed by atoms with Gasteiger partial charge in [-0.15, -0.1) is 0 Å². The Kier molecular flexibility index (Phi) is 6.74. The summed E-state index contributed by atoms with van der Waals surface area (Å²) in [5.74, 6) is 0.640. The first kappa shape index (κ1) is 23.0. The van der Waals surface area contributed by atoms with Crippen LogP contribution in [-0.2, 0) is 9.53 Å². The summed E-state index contributed by atoms with van der Waals surface area (Å²) < 4.78 is 5.55. The van der Waals surface area contributed by atoms with Crippen LogP contribution in [0.15, 0.2) is 18.2 Å². The van der Waals surface area contributed by atoms with Gasteiger partial charge in [-0.25, -0.2) is 9.80 Å². The van der Waals surface area contributed by atoms with Crippen molar-refractivity contribution < 1.29 is 14.3 Å². The third kappa shape index (κ3) is 4.92. The van der Waals surface area contributed by atoms with E-state index < -0.39 is 0 Å². The summed E-state index contributed by atoms with van der Waals surface area (Å²) in [6.45, 7) is 9.91. The van der Waals surface area contributed by atoms with Crippen molar-refractivity contribution in [3.05, 3.63) is 23.8 Å². The van der Waals surface area contributed by atoms with E-state index in [2.05, 4.69) is 41.6 Å². The number of nitrogens with one attached hydrogen (secondary N) is 1. The molecule has 0 aromatic heterocycles. The first-order chi connectivity index (χ1) is 15.2. The number of fused-ring (bicyclic) bond motifs is 1. The van der Waals surface area contributed by atoms with Gasteiger partial charge in [0, 0.05) is 44.6 Å². The third-order valence-electron chi connectivity index (χ3n) is 6.45. The minimum Gasteiger partial charge on any atom is -0.446 e. The molecular weight excluding hydrogens is 406 g/mol. The Labute approximate surface area is 191 Å². The number of anilines is 2. The topological polar surface area (TPSA) is 68.4 Å². The molecule has 1 saturated carbocycles. The molecule has 0 radical (unpaired) electrons. The van der Waals surface area contributed by atoms with Crippen LogP contribution in [0.3, 0.4) is 0 Å². The van der Waals surface area contributed by atoms with E-state index in [4.69, 9.17) is 4.74 Å². The van der Waals surface area contributed by atoms with Crippen LogP contribution in [0, 0.1) is 5.92 Å². The summed E-state index contributed by atoms with van der Waals surface area (Å²) in [6.07, 6.45) is 1.39. The van der Waals surface area contributed by atoms with Gasteiger partial charge in [-0.3, -0.25) is 15.1 Å². The van der Waals surface area contributed by atoms with Crippen molar-refractivity contribution in [2.45, 2.75) is 51.7 Å². The van der Waals surface area contributed by atoms with Gasteiger partial charge >= 0.3 is 6.09 Å². The Morgan fingerprint density at radius 3 is 2.59 bits per heavy atom. The van der Waals surface area contributed by atoms with E-state index in [1.165, 1.54) is 5.56 Å². The number of nitrogens with zero attached hydrogens (tertiary/aromatic N) is 4. The Morgan fingerprint density at radius 2 is 1.94 bits per heavy atom. The Bertz CT molecular complexity index is 854. The lowest BCUT2D eigenvalue weighted by Gasteiger charge is -2.41. The van der Waals surface area contributed by atoms with Gasteiger partial charge in [-0.2, -0.15) is 0 Å². The van der Waals surface area contributed by atoms with Crippen molar-refractivity contribution in [1.29, 1.82) is 0 Å². The molecule has 3 aliphatic rings. The SMILES string of the molecule is CC(C)OC(=O)N1C[C@H](C)N(C(=O)C2CC2)c2ccc(C3CNN(CCN(C)C)C3)cc21. The third-order valence-corrected chi connectivity index (χ3v) is 6.45. The van der Waals surface area contributed by atoms with Crippen LogP contribution in [0.4, 0.5) is 16.2 Å². The van der Waals surface area contributed by atoms with Crippen LogP contribution >= 0.6 is 0 Å². The molecule has 2 atom stereocenters. The van der Waals surface area contributed by atoms with Crippen molar-refractivity contribution in [3.8, 4) is 0 Å². The number of hydrogen-bond acceptors (Lipinski definition) is 6. The van der Waals surface area contributed by atoms with Crippen molar-refractivity contribution in [1.82, 2.24) is 15.3 Å². The van der Waals surface area contributed by atoms with E-state index in [-0.39, 0.29) is 30.1 Å². The molecule has 8 nitrogen and oxygen atoms in total. The minimum absolute atomic E-state index is 0.0872. The van der Waals surface area contributed by atoms with Gasteiger partial charge < -0.3 is 14.5 Å². The molecule has 1 aromatic carbocycles. The highest BCUT2D eigenvalue weighted by molar-refractivity contribution is 6.04. The summed E-state index contributed by atoms with van der Waals surface area (Å²) in [4.78, 5) is 31.8. The van der Waals surface area contributed by atoms with Gasteiger partial charge in [-0.1, -0.05) is 6.07 Å². The summed E-state index contributed by atoms with van der Waals surface area (Å²) in [7, 11) is 4.16. The highest BCUT2D eigenvalue weighted by atomic mass is 16.6. The zero-order chi connectivity index (χ0) is 23.0. The summed E-state index contributed by atoms with van der Waals surface area (Å²) in [5.41, 5.74) is 6.28. The fraction of sp³-hybridized carbons (Fsp3) is 0.667. The van der Waals surface area contributed by atoms with E-state index in [0.717, 1.165) is 50.4 Å². The standard InChI is InChI=1S/C24H37N5O3/c1-16(2)32-24(31)28-14-17(3)29(23(30)18-6-7-18)21-9-8-19(12-22(21)28)20-13-25-27(15-20)11-10-26(4)5/h8-9,12,16-18,20,25H,6-7,10-11,13-15H2,1-5H3/t17-,20?/m0/s1. The van der Waals surface area contributed by atoms with E-state index >= 15 is 0 Å². The monoisotopic (exact) mass is 443 g/mol. The predicted octanol–water partition coefficient (Wildman–Crippen LogP) is 2.65. The molecule has 0 bridgehead atoms. The summed E-state index contributed by atoms with van der Waals surface area (Å²) >= 11 is 0. The first-order valence-corrected chi connectivity index (χ1v) is 11.8. The van der Waals surface area contributed by atoms with Gasteiger partial charge in [0.05, 0.1) is 23.5 Å². The quantitative estimate of drug-likeness (QED) is 0.729. The molecule has 1 aromatic rings. The number of amides is 2. The average molecular weight is 444 g/mol. The number of carbonyl (C=O) groups is 2. The number of benzene rings is 1. The maximum absolute atomic E-state index is 13.1. The van der Waals surface area contributed by atoms with Gasteiger partial charge in [0.15, 0.2) is 0 Å². The minimum atomic E-state index is -0.346. The van der Waals surface area contributed by atoms with Crippen molar-refractivity contribution in [2.75, 3.05) is 56.6 Å². The molecule has 2 aliphatic heterocycles. The number of likely N-dealkylation sites (N-methyl/N-ethyl adjacent to an activating group) is 1. The number of rotatable bonds is 6. The van der Waals surface area contributed by atoms with Crippen LogP contribution in [0.1, 0.15) is 45.1 Å². The molecule has 1 unspecified atom stereocenters. The first-order valence-electron chi connectivity index (χ1n) is 11.8. The molecule has 8 heteroatoms. The van der Waals surface area contributed by atoms with Crippen LogP contribution in [-0.4, -0.2) is 80.9 Å². The van der Waals surface area contributed by atoms with Crippen molar-refractivity contribution in [3.63, 3.8) is 0 Å². The molecule has 1 N–H and O–H groups in total. The average Bonchev–Trinajstić information content (AvgIpc) is 3.48. The smallest absolute Gasteiger partial charge is 0.414 e. The van der Waals surface area contributed by atoms with Gasteiger partial charge in [-0.05, 0) is 65.4 Å². The van der Waals surface area contributed by atoms with Gasteiger partial charge in [0.1, 0.15) is 0 Å². The molecule has 2 fully saturated rings. The fourth-order valence-electron chi connectivity index (χ4n) is 4.55. The predicted molar refractivity (Wildman–Crippen MR) is 126 cm³/mol. The maximum Gasteiger partial charge on any atom is 0.414 e. The number of carbonyl (C=O) groups excluding carboxylic acids is 2. The zero-order valence-electron chi connectivity index (χ0n) is 20.0. The van der Waals surface area contributed by atoms with Crippen LogP contribution < -0.4 is 15.2 Å². The second-order valence-corrected chi connectivity index (χ2v) is 9.93. The maximum atomic E-state index is 13.1. The largest absolute Gasteiger partial charge is 0.446 e. The van der Waals surface area contributed by atoms with E-state index in [1.54, 1.807) is 4.90 Å². The lowest BCUT2D eigenvalue weighted by atomic mass is 9.96. The van der Waals surface area contributed by atoms with E-state index in [9.17, 15) is 9.59 Å². The zero-order valence-corrected chi connectivity index (χ0v) is 20.0. The van der Waals surface area contributed by atoms with E-state index in [0.29, 0.717) is 12.5 Å². The summed E-state index contributed by atoms with van der Waals surface area (Å²) in [6, 6.07) is 6.16. The molecule has 0 spiro atoms. The summed E-state index contributed by atoms with van der Waals surface area (Å²) in [5, 5.41) is 2.26. The number of hydrazine groups is 1. The van der Waals surface area contributed by atoms with Gasteiger partial charge in [0.25, 0.3) is 0 Å². The van der Waals surface area contributed by atoms with Crippen molar-refractivity contribution >= 4 is 23.4 Å². The number of hydrogen-bond donors (Lipinski definition) is 1. The Morgan fingerprint density at radius 1 is 1.19 bits per heavy atom. The molecule has 32 heavy (non-hydrogen) atoms. The van der Waals surface area contributed by atoms with E-state index in [1.807, 2.05) is 31.7 Å². The van der Waals surface area contributed by atoms with Crippen LogP contribution in [0.2, 0.25) is 0 Å².